The Morgan fingerprint density at radius 1 is 1.24 bits per heavy atom. The minimum Gasteiger partial charge on any atom is -0.481 e. The van der Waals surface area contributed by atoms with Gasteiger partial charge in [-0.2, -0.15) is 0 Å². The fourth-order valence-electron chi connectivity index (χ4n) is 1.79. The highest BCUT2D eigenvalue weighted by Crippen LogP contribution is 2.02. The number of carboxylic acids is 1. The zero-order chi connectivity index (χ0) is 19.7. The third-order valence-corrected chi connectivity index (χ3v) is 3.05. The number of hydrogen-bond acceptors (Lipinski definition) is 6. The largest absolute Gasteiger partial charge is 0.481 e. The second-order valence-electron chi connectivity index (χ2n) is 5.04. The van der Waals surface area contributed by atoms with Crippen molar-refractivity contribution < 1.29 is 35.2 Å². The standard InChI is InChI=1S/C16H20N2O7/c1-10(15(22)24-2)17-14(21)12(8-13(19)20)18-16(23)25-9-11-6-4-3-5-7-11/h3-7,10,12H,8-9H2,1-2H3,(H,17,21)(H,18,23)(H,19,20)/t10-,12-/m0/s1/i/hD. The molecule has 0 spiro atoms. The zero-order valence-corrected chi connectivity index (χ0v) is 13.8. The lowest BCUT2D eigenvalue weighted by Gasteiger charge is -2.19. The molecule has 2 atom stereocenters. The monoisotopic (exact) mass is 353 g/mol. The Morgan fingerprint density at radius 3 is 2.44 bits per heavy atom. The summed E-state index contributed by atoms with van der Waals surface area (Å²) >= 11 is 0. The van der Waals surface area contributed by atoms with Crippen molar-refractivity contribution in [3.8, 4) is 0 Å². The van der Waals surface area contributed by atoms with E-state index < -0.39 is 42.4 Å². The summed E-state index contributed by atoms with van der Waals surface area (Å²) in [6, 6.07) is 5.88. The van der Waals surface area contributed by atoms with E-state index in [2.05, 4.69) is 10.1 Å². The lowest BCUT2D eigenvalue weighted by atomic mass is 10.2. The molecule has 0 heterocycles. The van der Waals surface area contributed by atoms with Gasteiger partial charge in [0.25, 0.3) is 0 Å². The molecule has 136 valence electrons. The van der Waals surface area contributed by atoms with Crippen LogP contribution in [0.5, 0.6) is 0 Å². The van der Waals surface area contributed by atoms with Crippen LogP contribution in [0.25, 0.3) is 0 Å². The molecule has 2 amide bonds. The molecular weight excluding hydrogens is 332 g/mol. The van der Waals surface area contributed by atoms with E-state index in [0.29, 0.717) is 5.56 Å². The zero-order valence-electron chi connectivity index (χ0n) is 14.8. The van der Waals surface area contributed by atoms with E-state index >= 15 is 0 Å². The van der Waals surface area contributed by atoms with Gasteiger partial charge in [-0.05, 0) is 12.5 Å². The maximum absolute atomic E-state index is 12.2. The van der Waals surface area contributed by atoms with Gasteiger partial charge in [0.15, 0.2) is 1.41 Å². The average Bonchev–Trinajstić information content (AvgIpc) is 2.63. The fraction of sp³-hybridized carbons (Fsp3) is 0.375. The number of amides is 2. The minimum absolute atomic E-state index is 0.135. The Labute approximate surface area is 145 Å². The first-order chi connectivity index (χ1) is 12.3. The highest BCUT2D eigenvalue weighted by atomic mass is 16.5. The summed E-state index contributed by atoms with van der Waals surface area (Å²) in [5.41, 5.74) is 0.660. The number of benzene rings is 1. The highest BCUT2D eigenvalue weighted by molar-refractivity contribution is 5.91. The van der Waals surface area contributed by atoms with Gasteiger partial charge in [0, 0.05) is 0 Å². The van der Waals surface area contributed by atoms with Crippen molar-refractivity contribution in [3.05, 3.63) is 35.9 Å². The molecule has 9 nitrogen and oxygen atoms in total. The van der Waals surface area contributed by atoms with Crippen LogP contribution in [0.2, 0.25) is 1.41 Å². The quantitative estimate of drug-likeness (QED) is 0.578. The predicted molar refractivity (Wildman–Crippen MR) is 85.4 cm³/mol. The number of carboxylic acid groups (broad SMARTS) is 1. The van der Waals surface area contributed by atoms with Crippen molar-refractivity contribution in [2.75, 3.05) is 7.11 Å². The summed E-state index contributed by atoms with van der Waals surface area (Å²) in [6.07, 6.45) is -2.02. The summed E-state index contributed by atoms with van der Waals surface area (Å²) in [5, 5.41) is 11.3. The molecule has 1 aromatic rings. The van der Waals surface area contributed by atoms with Crippen LogP contribution in [0.3, 0.4) is 0 Å². The van der Waals surface area contributed by atoms with E-state index in [4.69, 9.17) is 11.3 Å². The third-order valence-electron chi connectivity index (χ3n) is 3.05. The lowest BCUT2D eigenvalue weighted by molar-refractivity contribution is -0.145. The number of esters is 1. The molecule has 0 saturated carbocycles. The van der Waals surface area contributed by atoms with Gasteiger partial charge in [0.1, 0.15) is 18.7 Å². The first kappa shape index (κ1) is 18.2. The summed E-state index contributed by atoms with van der Waals surface area (Å²) in [6.45, 7) is 1.18. The smallest absolute Gasteiger partial charge is 0.408 e. The van der Waals surface area contributed by atoms with Crippen LogP contribution >= 0.6 is 0 Å². The molecule has 0 saturated heterocycles. The molecule has 0 radical (unpaired) electrons. The number of methoxy groups -OCH3 is 1. The first-order valence-electron chi connectivity index (χ1n) is 7.79. The van der Waals surface area contributed by atoms with Crippen molar-refractivity contribution >= 4 is 23.9 Å². The molecule has 0 aliphatic rings. The van der Waals surface area contributed by atoms with E-state index in [1.165, 1.54) is 6.92 Å². The Morgan fingerprint density at radius 2 is 1.88 bits per heavy atom. The molecule has 0 unspecified atom stereocenters. The second kappa shape index (κ2) is 9.91. The number of carbonyl (C=O) groups is 4. The highest BCUT2D eigenvalue weighted by Gasteiger charge is 2.27. The van der Waals surface area contributed by atoms with Gasteiger partial charge in [0.05, 0.1) is 13.5 Å². The van der Waals surface area contributed by atoms with Crippen molar-refractivity contribution in [3.63, 3.8) is 0 Å². The van der Waals surface area contributed by atoms with Gasteiger partial charge in [-0.15, -0.1) is 0 Å². The molecule has 0 aromatic heterocycles. The Balaban J connectivity index is 2.76. The molecule has 1 aromatic carbocycles. The van der Waals surface area contributed by atoms with Crippen molar-refractivity contribution in [2.45, 2.75) is 32.0 Å². The van der Waals surface area contributed by atoms with Gasteiger partial charge in [0.2, 0.25) is 5.91 Å². The van der Waals surface area contributed by atoms with E-state index in [0.717, 1.165) is 7.11 Å². The second-order valence-corrected chi connectivity index (χ2v) is 5.04. The van der Waals surface area contributed by atoms with E-state index in [9.17, 15) is 19.2 Å². The molecule has 0 aliphatic carbocycles. The summed E-state index contributed by atoms with van der Waals surface area (Å²) in [5.74, 6) is -3.14. The summed E-state index contributed by atoms with van der Waals surface area (Å²) < 4.78 is 17.1. The van der Waals surface area contributed by atoms with Crippen LogP contribution in [0.4, 0.5) is 4.79 Å². The molecule has 0 bridgehead atoms. The summed E-state index contributed by atoms with van der Waals surface area (Å²) in [7, 11) is 1.12. The Kier molecular flexibility index (Phi) is 7.23. The first-order valence-corrected chi connectivity index (χ1v) is 7.35. The molecule has 1 rings (SSSR count). The molecular formula is C16H20N2O7. The van der Waals surface area contributed by atoms with Gasteiger partial charge in [-0.3, -0.25) is 9.59 Å². The third kappa shape index (κ3) is 7.34. The van der Waals surface area contributed by atoms with Gasteiger partial charge in [-0.25, -0.2) is 9.59 Å². The molecule has 0 fully saturated rings. The van der Waals surface area contributed by atoms with Crippen LogP contribution in [-0.2, 0) is 30.5 Å². The van der Waals surface area contributed by atoms with Crippen LogP contribution in [-0.4, -0.2) is 48.2 Å². The molecule has 9 heteroatoms. The van der Waals surface area contributed by atoms with Crippen LogP contribution in [0, 0.1) is 0 Å². The van der Waals surface area contributed by atoms with Crippen molar-refractivity contribution in [1.82, 2.24) is 10.6 Å². The summed E-state index contributed by atoms with van der Waals surface area (Å²) in [4.78, 5) is 46.5. The van der Waals surface area contributed by atoms with E-state index in [1.54, 1.807) is 30.3 Å². The number of aliphatic carboxylic acids is 1. The van der Waals surface area contributed by atoms with Crippen LogP contribution in [0.15, 0.2) is 30.3 Å². The maximum atomic E-state index is 12.2. The normalized spacial score (nSPS) is 13.0. The molecule has 25 heavy (non-hydrogen) atoms. The maximum Gasteiger partial charge on any atom is 0.408 e. The van der Waals surface area contributed by atoms with Crippen LogP contribution < -0.4 is 10.6 Å². The predicted octanol–water partition coefficient (Wildman–Crippen LogP) is 0.434. The number of carbonyl (C=O) groups excluding carboxylic acids is 3. The van der Waals surface area contributed by atoms with E-state index in [1.807, 2.05) is 0 Å². The fourth-order valence-corrected chi connectivity index (χ4v) is 1.79. The SMILES string of the molecule is [2H]N(C(=O)OCc1ccccc1)[C@@H](CC(=O)O)C(=O)N[C@@H](C)C(=O)OC. The number of rotatable bonds is 8. The minimum atomic E-state index is -1.68. The number of nitrogens with one attached hydrogen (secondary N) is 2. The van der Waals surface area contributed by atoms with Gasteiger partial charge >= 0.3 is 18.0 Å². The lowest BCUT2D eigenvalue weighted by Crippen LogP contribution is -2.51. The Bertz CT molecular complexity index is 653. The molecule has 3 N–H and O–H groups in total. The number of hydrogen-bond donors (Lipinski definition) is 3. The molecule has 0 aliphatic heterocycles. The van der Waals surface area contributed by atoms with E-state index in [-0.39, 0.29) is 11.9 Å². The topological polar surface area (TPSA) is 131 Å². The number of ether oxygens (including phenoxy) is 2. The van der Waals surface area contributed by atoms with Crippen molar-refractivity contribution in [1.29, 1.82) is 0 Å². The van der Waals surface area contributed by atoms with Gasteiger partial charge in [-0.1, -0.05) is 30.3 Å². The average molecular weight is 353 g/mol. The van der Waals surface area contributed by atoms with Crippen molar-refractivity contribution in [2.24, 2.45) is 0 Å². The van der Waals surface area contributed by atoms with Gasteiger partial charge < -0.3 is 25.2 Å². The number of alkyl carbamates (subject to hydrolysis) is 1. The Hall–Kier alpha value is -3.10. The van der Waals surface area contributed by atoms with Crippen LogP contribution in [0.1, 0.15) is 18.9 Å².